The standard InChI is InChI=1S/C10H18N2O4/c1-6(2)4-5-8(13)16-7(3)9(14)12-10(11)15/h6-7H,4-5H2,1-3H3,(H3,11,12,14,15)/t7-/m1/s1. The van der Waals surface area contributed by atoms with Crippen LogP contribution in [0.25, 0.3) is 0 Å². The molecule has 16 heavy (non-hydrogen) atoms. The van der Waals surface area contributed by atoms with Gasteiger partial charge in [-0.25, -0.2) is 4.79 Å². The van der Waals surface area contributed by atoms with Crippen LogP contribution in [-0.4, -0.2) is 24.0 Å². The van der Waals surface area contributed by atoms with Crippen LogP contribution in [0.2, 0.25) is 0 Å². The Bertz CT molecular complexity index is 276. The van der Waals surface area contributed by atoms with Gasteiger partial charge < -0.3 is 10.5 Å². The van der Waals surface area contributed by atoms with Crippen LogP contribution in [0, 0.1) is 5.92 Å². The molecule has 0 heterocycles. The zero-order chi connectivity index (χ0) is 12.7. The maximum Gasteiger partial charge on any atom is 0.318 e. The average molecular weight is 230 g/mol. The van der Waals surface area contributed by atoms with Crippen molar-refractivity contribution in [2.45, 2.75) is 39.7 Å². The lowest BCUT2D eigenvalue weighted by Crippen LogP contribution is -2.42. The predicted octanol–water partition coefficient (Wildman–Crippen LogP) is 0.549. The summed E-state index contributed by atoms with van der Waals surface area (Å²) in [6, 6.07) is -0.963. The Balaban J connectivity index is 3.94. The molecule has 0 aromatic heterocycles. The summed E-state index contributed by atoms with van der Waals surface area (Å²) in [6.07, 6.45) is -0.0540. The zero-order valence-corrected chi connectivity index (χ0v) is 9.78. The van der Waals surface area contributed by atoms with Gasteiger partial charge in [-0.15, -0.1) is 0 Å². The maximum atomic E-state index is 11.2. The van der Waals surface area contributed by atoms with Gasteiger partial charge in [0, 0.05) is 6.42 Å². The number of carbonyl (C=O) groups is 3. The molecule has 6 heteroatoms. The summed E-state index contributed by atoms with van der Waals surface area (Å²) in [6.45, 7) is 5.35. The maximum absolute atomic E-state index is 11.2. The first-order chi connectivity index (χ1) is 7.32. The van der Waals surface area contributed by atoms with Gasteiger partial charge in [0.15, 0.2) is 6.10 Å². The molecule has 0 aromatic carbocycles. The van der Waals surface area contributed by atoms with Gasteiger partial charge >= 0.3 is 12.0 Å². The van der Waals surface area contributed by atoms with Crippen molar-refractivity contribution in [2.75, 3.05) is 0 Å². The second-order valence-electron chi connectivity index (χ2n) is 3.92. The Morgan fingerprint density at radius 1 is 1.25 bits per heavy atom. The highest BCUT2D eigenvalue weighted by Gasteiger charge is 2.18. The molecule has 0 spiro atoms. The zero-order valence-electron chi connectivity index (χ0n) is 9.78. The minimum atomic E-state index is -1.01. The minimum Gasteiger partial charge on any atom is -0.453 e. The third-order valence-electron chi connectivity index (χ3n) is 1.85. The lowest BCUT2D eigenvalue weighted by Gasteiger charge is -2.12. The SMILES string of the molecule is CC(C)CCC(=O)O[C@H](C)C(=O)NC(N)=O. The van der Waals surface area contributed by atoms with E-state index in [4.69, 9.17) is 10.5 Å². The molecule has 92 valence electrons. The summed E-state index contributed by atoms with van der Waals surface area (Å²) < 4.78 is 4.80. The predicted molar refractivity (Wildman–Crippen MR) is 57.4 cm³/mol. The summed E-state index contributed by atoms with van der Waals surface area (Å²) in [5.74, 6) is -0.784. The number of nitrogens with two attached hydrogens (primary N) is 1. The Morgan fingerprint density at radius 2 is 1.81 bits per heavy atom. The van der Waals surface area contributed by atoms with Crippen LogP contribution in [0.3, 0.4) is 0 Å². The summed E-state index contributed by atoms with van der Waals surface area (Å²) >= 11 is 0. The molecule has 0 aliphatic heterocycles. The number of hydrogen-bond donors (Lipinski definition) is 2. The van der Waals surface area contributed by atoms with Crippen LogP contribution in [0.4, 0.5) is 4.79 Å². The monoisotopic (exact) mass is 230 g/mol. The third kappa shape index (κ3) is 6.80. The number of nitrogens with one attached hydrogen (secondary N) is 1. The summed E-state index contributed by atoms with van der Waals surface area (Å²) in [5, 5.41) is 1.84. The average Bonchev–Trinajstić information content (AvgIpc) is 2.13. The number of imide groups is 1. The molecule has 3 N–H and O–H groups in total. The molecule has 0 radical (unpaired) electrons. The van der Waals surface area contributed by atoms with Crippen LogP contribution in [0.1, 0.15) is 33.6 Å². The topological polar surface area (TPSA) is 98.5 Å². The Hall–Kier alpha value is -1.59. The summed E-state index contributed by atoms with van der Waals surface area (Å²) in [4.78, 5) is 32.7. The van der Waals surface area contributed by atoms with Crippen molar-refractivity contribution in [3.8, 4) is 0 Å². The fourth-order valence-corrected chi connectivity index (χ4v) is 0.939. The van der Waals surface area contributed by atoms with E-state index < -0.39 is 24.0 Å². The van der Waals surface area contributed by atoms with Crippen LogP contribution >= 0.6 is 0 Å². The molecule has 3 amide bonds. The van der Waals surface area contributed by atoms with Gasteiger partial charge in [-0.3, -0.25) is 14.9 Å². The number of carbonyl (C=O) groups excluding carboxylic acids is 3. The van der Waals surface area contributed by atoms with Crippen molar-refractivity contribution in [1.82, 2.24) is 5.32 Å². The molecule has 0 saturated carbocycles. The highest BCUT2D eigenvalue weighted by atomic mass is 16.5. The lowest BCUT2D eigenvalue weighted by molar-refractivity contribution is -0.154. The van der Waals surface area contributed by atoms with Crippen molar-refractivity contribution in [1.29, 1.82) is 0 Å². The highest BCUT2D eigenvalue weighted by molar-refractivity contribution is 5.96. The van der Waals surface area contributed by atoms with Gasteiger partial charge in [-0.1, -0.05) is 13.8 Å². The van der Waals surface area contributed by atoms with Crippen molar-refractivity contribution >= 4 is 17.9 Å². The van der Waals surface area contributed by atoms with Crippen molar-refractivity contribution in [2.24, 2.45) is 11.7 Å². The van der Waals surface area contributed by atoms with E-state index in [2.05, 4.69) is 0 Å². The van der Waals surface area contributed by atoms with Gasteiger partial charge in [0.2, 0.25) is 0 Å². The molecule has 0 aliphatic carbocycles. The molecular weight excluding hydrogens is 212 g/mol. The van der Waals surface area contributed by atoms with E-state index >= 15 is 0 Å². The van der Waals surface area contributed by atoms with E-state index in [-0.39, 0.29) is 6.42 Å². The van der Waals surface area contributed by atoms with E-state index in [1.165, 1.54) is 6.92 Å². The molecule has 0 saturated heterocycles. The Labute approximate surface area is 94.5 Å². The van der Waals surface area contributed by atoms with Crippen LogP contribution < -0.4 is 11.1 Å². The van der Waals surface area contributed by atoms with E-state index in [0.29, 0.717) is 12.3 Å². The highest BCUT2D eigenvalue weighted by Crippen LogP contribution is 2.05. The van der Waals surface area contributed by atoms with Gasteiger partial charge in [-0.05, 0) is 19.3 Å². The smallest absolute Gasteiger partial charge is 0.318 e. The van der Waals surface area contributed by atoms with Crippen molar-refractivity contribution in [3.05, 3.63) is 0 Å². The van der Waals surface area contributed by atoms with E-state index in [1.54, 1.807) is 0 Å². The molecule has 0 bridgehead atoms. The third-order valence-corrected chi connectivity index (χ3v) is 1.85. The van der Waals surface area contributed by atoms with Gasteiger partial charge in [0.25, 0.3) is 5.91 Å². The van der Waals surface area contributed by atoms with Gasteiger partial charge in [-0.2, -0.15) is 0 Å². The second kappa shape index (κ2) is 6.81. The number of esters is 1. The summed E-state index contributed by atoms with van der Waals surface area (Å²) in [7, 11) is 0. The van der Waals surface area contributed by atoms with E-state index in [0.717, 1.165) is 0 Å². The second-order valence-corrected chi connectivity index (χ2v) is 3.92. The fourth-order valence-electron chi connectivity index (χ4n) is 0.939. The first kappa shape index (κ1) is 14.4. The van der Waals surface area contributed by atoms with Crippen molar-refractivity contribution < 1.29 is 19.1 Å². The number of primary amides is 1. The molecule has 0 unspecified atom stereocenters. The molecular formula is C10H18N2O4. The van der Waals surface area contributed by atoms with Crippen LogP contribution in [0.5, 0.6) is 0 Å². The first-order valence-corrected chi connectivity index (χ1v) is 5.12. The molecule has 0 aromatic rings. The number of ether oxygens (including phenoxy) is 1. The molecule has 0 aliphatic rings. The number of hydrogen-bond acceptors (Lipinski definition) is 4. The van der Waals surface area contributed by atoms with E-state index in [9.17, 15) is 14.4 Å². The fraction of sp³-hybridized carbons (Fsp3) is 0.700. The minimum absolute atomic E-state index is 0.256. The normalized spacial score (nSPS) is 12.0. The van der Waals surface area contributed by atoms with Gasteiger partial charge in [0.1, 0.15) is 0 Å². The van der Waals surface area contributed by atoms with Crippen molar-refractivity contribution in [3.63, 3.8) is 0 Å². The Kier molecular flexibility index (Phi) is 6.14. The molecule has 0 rings (SSSR count). The molecule has 0 fully saturated rings. The quantitative estimate of drug-likeness (QED) is 0.674. The summed E-state index contributed by atoms with van der Waals surface area (Å²) in [5.41, 5.74) is 4.75. The number of rotatable bonds is 5. The Morgan fingerprint density at radius 3 is 2.25 bits per heavy atom. The molecule has 1 atom stereocenters. The molecule has 6 nitrogen and oxygen atoms in total. The first-order valence-electron chi connectivity index (χ1n) is 5.12. The number of urea groups is 1. The van der Waals surface area contributed by atoms with Crippen LogP contribution in [-0.2, 0) is 14.3 Å². The van der Waals surface area contributed by atoms with Crippen LogP contribution in [0.15, 0.2) is 0 Å². The largest absolute Gasteiger partial charge is 0.453 e. The van der Waals surface area contributed by atoms with E-state index in [1.807, 2.05) is 19.2 Å². The van der Waals surface area contributed by atoms with Gasteiger partial charge in [0.05, 0.1) is 0 Å². The number of amides is 3. The lowest BCUT2D eigenvalue weighted by atomic mass is 10.1.